The SMILES string of the molecule is Cc1ccc(N/N=C(\C#N)c2nc(-c3ccc(Cl)cc3Cl)cs2)cc1. The molecule has 1 heterocycles. The van der Waals surface area contributed by atoms with Gasteiger partial charge in [-0.1, -0.05) is 40.9 Å². The second-order valence-electron chi connectivity index (χ2n) is 5.21. The van der Waals surface area contributed by atoms with Gasteiger partial charge in [0.1, 0.15) is 6.07 Å². The molecular formula is C18H12Cl2N4S. The average molecular weight is 387 g/mol. The molecule has 0 bridgehead atoms. The van der Waals surface area contributed by atoms with Crippen LogP contribution in [0.3, 0.4) is 0 Å². The minimum Gasteiger partial charge on any atom is -0.277 e. The van der Waals surface area contributed by atoms with E-state index < -0.39 is 0 Å². The van der Waals surface area contributed by atoms with Crippen molar-refractivity contribution < 1.29 is 0 Å². The van der Waals surface area contributed by atoms with Crippen LogP contribution in [0.2, 0.25) is 10.0 Å². The number of rotatable bonds is 4. The highest BCUT2D eigenvalue weighted by atomic mass is 35.5. The van der Waals surface area contributed by atoms with Gasteiger partial charge < -0.3 is 0 Å². The van der Waals surface area contributed by atoms with Crippen LogP contribution in [0, 0.1) is 18.3 Å². The summed E-state index contributed by atoms with van der Waals surface area (Å²) in [6.07, 6.45) is 0. The van der Waals surface area contributed by atoms with Crippen LogP contribution >= 0.6 is 34.5 Å². The van der Waals surface area contributed by atoms with E-state index in [0.29, 0.717) is 20.7 Å². The van der Waals surface area contributed by atoms with Crippen LogP contribution in [-0.4, -0.2) is 10.7 Å². The molecule has 4 nitrogen and oxygen atoms in total. The number of thiazole rings is 1. The zero-order chi connectivity index (χ0) is 17.8. The number of nitrogens with zero attached hydrogens (tertiary/aromatic N) is 3. The lowest BCUT2D eigenvalue weighted by Gasteiger charge is -2.01. The van der Waals surface area contributed by atoms with Crippen LogP contribution < -0.4 is 5.43 Å². The number of nitriles is 1. The van der Waals surface area contributed by atoms with Gasteiger partial charge in [0.25, 0.3) is 0 Å². The molecule has 2 aromatic carbocycles. The Morgan fingerprint density at radius 2 is 1.96 bits per heavy atom. The van der Waals surface area contributed by atoms with Crippen molar-refractivity contribution >= 4 is 45.9 Å². The van der Waals surface area contributed by atoms with Crippen molar-refractivity contribution in [2.24, 2.45) is 5.10 Å². The molecular weight excluding hydrogens is 375 g/mol. The molecule has 0 aliphatic carbocycles. The third-order valence-corrected chi connectivity index (χ3v) is 4.76. The Labute approximate surface area is 159 Å². The van der Waals surface area contributed by atoms with Crippen molar-refractivity contribution in [1.29, 1.82) is 5.26 Å². The largest absolute Gasteiger partial charge is 0.277 e. The number of nitrogens with one attached hydrogen (secondary N) is 1. The molecule has 0 aliphatic heterocycles. The van der Waals surface area contributed by atoms with E-state index in [2.05, 4.69) is 21.6 Å². The first-order chi connectivity index (χ1) is 12.1. The summed E-state index contributed by atoms with van der Waals surface area (Å²) in [6, 6.07) is 15.0. The molecule has 1 N–H and O–H groups in total. The summed E-state index contributed by atoms with van der Waals surface area (Å²) in [4.78, 5) is 4.47. The molecule has 0 saturated carbocycles. The van der Waals surface area contributed by atoms with Crippen LogP contribution in [0.15, 0.2) is 52.9 Å². The van der Waals surface area contributed by atoms with Crippen LogP contribution in [0.1, 0.15) is 10.6 Å². The van der Waals surface area contributed by atoms with E-state index in [1.807, 2.05) is 36.6 Å². The highest BCUT2D eigenvalue weighted by molar-refractivity contribution is 7.12. The van der Waals surface area contributed by atoms with Gasteiger partial charge in [-0.15, -0.1) is 11.3 Å². The Balaban J connectivity index is 1.85. The maximum absolute atomic E-state index is 9.37. The molecule has 0 radical (unpaired) electrons. The minimum atomic E-state index is 0.210. The molecule has 0 saturated heterocycles. The van der Waals surface area contributed by atoms with Gasteiger partial charge in [-0.3, -0.25) is 5.43 Å². The van der Waals surface area contributed by atoms with Gasteiger partial charge in [0, 0.05) is 16.0 Å². The lowest BCUT2D eigenvalue weighted by molar-refractivity contribution is 1.30. The van der Waals surface area contributed by atoms with Gasteiger partial charge in [-0.05, 0) is 37.3 Å². The lowest BCUT2D eigenvalue weighted by Crippen LogP contribution is -2.01. The molecule has 1 aromatic heterocycles. The van der Waals surface area contributed by atoms with Gasteiger partial charge in [0.15, 0.2) is 10.7 Å². The van der Waals surface area contributed by atoms with Crippen molar-refractivity contribution in [3.63, 3.8) is 0 Å². The van der Waals surface area contributed by atoms with Gasteiger partial charge in [-0.2, -0.15) is 10.4 Å². The van der Waals surface area contributed by atoms with Crippen molar-refractivity contribution in [1.82, 2.24) is 4.98 Å². The monoisotopic (exact) mass is 386 g/mol. The van der Waals surface area contributed by atoms with Crippen LogP contribution in [-0.2, 0) is 0 Å². The fraction of sp³-hybridized carbons (Fsp3) is 0.0556. The number of hydrazone groups is 1. The predicted octanol–water partition coefficient (Wildman–Crippen LogP) is 5.77. The maximum Gasteiger partial charge on any atom is 0.196 e. The summed E-state index contributed by atoms with van der Waals surface area (Å²) in [5, 5.41) is 17.0. The van der Waals surface area contributed by atoms with Crippen LogP contribution in [0.5, 0.6) is 0 Å². The summed E-state index contributed by atoms with van der Waals surface area (Å²) in [5.74, 6) is 0. The third-order valence-electron chi connectivity index (χ3n) is 3.37. The fourth-order valence-electron chi connectivity index (χ4n) is 2.07. The predicted molar refractivity (Wildman–Crippen MR) is 105 cm³/mol. The number of anilines is 1. The first kappa shape index (κ1) is 17.4. The number of halogens is 2. The molecule has 0 fully saturated rings. The van der Waals surface area contributed by atoms with E-state index in [9.17, 15) is 5.26 Å². The van der Waals surface area contributed by atoms with Gasteiger partial charge in [0.05, 0.1) is 16.4 Å². The summed E-state index contributed by atoms with van der Waals surface area (Å²) >= 11 is 13.5. The Hall–Kier alpha value is -2.39. The summed E-state index contributed by atoms with van der Waals surface area (Å²) in [5.41, 5.74) is 6.48. The molecule has 0 amide bonds. The topological polar surface area (TPSA) is 61.1 Å². The zero-order valence-electron chi connectivity index (χ0n) is 13.1. The van der Waals surface area contributed by atoms with Crippen LogP contribution in [0.4, 0.5) is 5.69 Å². The number of hydrogen-bond acceptors (Lipinski definition) is 5. The van der Waals surface area contributed by atoms with E-state index in [1.54, 1.807) is 18.2 Å². The number of hydrogen-bond donors (Lipinski definition) is 1. The van der Waals surface area contributed by atoms with Crippen molar-refractivity contribution in [3.05, 3.63) is 68.5 Å². The number of aromatic nitrogens is 1. The van der Waals surface area contributed by atoms with Crippen molar-refractivity contribution in [2.45, 2.75) is 6.92 Å². The lowest BCUT2D eigenvalue weighted by atomic mass is 10.2. The Morgan fingerprint density at radius 1 is 1.20 bits per heavy atom. The molecule has 25 heavy (non-hydrogen) atoms. The first-order valence-corrected chi connectivity index (χ1v) is 8.92. The maximum atomic E-state index is 9.37. The minimum absolute atomic E-state index is 0.210. The molecule has 3 aromatic rings. The second-order valence-corrected chi connectivity index (χ2v) is 6.91. The van der Waals surface area contributed by atoms with E-state index in [4.69, 9.17) is 23.2 Å². The summed E-state index contributed by atoms with van der Waals surface area (Å²) in [7, 11) is 0. The zero-order valence-corrected chi connectivity index (χ0v) is 15.5. The quantitative estimate of drug-likeness (QED) is 0.457. The third kappa shape index (κ3) is 4.18. The first-order valence-electron chi connectivity index (χ1n) is 7.28. The highest BCUT2D eigenvalue weighted by Crippen LogP contribution is 2.31. The standard InChI is InChI=1S/C18H12Cl2N4S/c1-11-2-5-13(6-3-11)23-24-16(9-21)18-22-17(10-25-18)14-7-4-12(19)8-15(14)20/h2-8,10,23H,1H3/b24-16+. The molecule has 0 aliphatic rings. The van der Waals surface area contributed by atoms with Crippen molar-refractivity contribution in [3.8, 4) is 17.3 Å². The van der Waals surface area contributed by atoms with E-state index in [1.165, 1.54) is 11.3 Å². The Morgan fingerprint density at radius 3 is 2.64 bits per heavy atom. The normalized spacial score (nSPS) is 11.2. The molecule has 0 atom stereocenters. The number of benzene rings is 2. The van der Waals surface area contributed by atoms with Gasteiger partial charge in [-0.25, -0.2) is 4.98 Å². The molecule has 3 rings (SSSR count). The van der Waals surface area contributed by atoms with Gasteiger partial charge in [0.2, 0.25) is 0 Å². The van der Waals surface area contributed by atoms with E-state index in [-0.39, 0.29) is 5.71 Å². The Bertz CT molecular complexity index is 971. The smallest absolute Gasteiger partial charge is 0.196 e. The molecule has 0 spiro atoms. The molecule has 124 valence electrons. The van der Waals surface area contributed by atoms with Crippen LogP contribution in [0.25, 0.3) is 11.3 Å². The second kappa shape index (κ2) is 7.66. The summed E-state index contributed by atoms with van der Waals surface area (Å²) < 4.78 is 0. The molecule has 0 unspecified atom stereocenters. The van der Waals surface area contributed by atoms with E-state index >= 15 is 0 Å². The fourth-order valence-corrected chi connectivity index (χ4v) is 3.33. The van der Waals surface area contributed by atoms with Gasteiger partial charge >= 0.3 is 0 Å². The highest BCUT2D eigenvalue weighted by Gasteiger charge is 2.12. The van der Waals surface area contributed by atoms with Crippen molar-refractivity contribution in [2.75, 3.05) is 5.43 Å². The molecule has 7 heteroatoms. The summed E-state index contributed by atoms with van der Waals surface area (Å²) in [6.45, 7) is 2.01. The number of aryl methyl sites for hydroxylation is 1. The Kier molecular flexibility index (Phi) is 5.34. The average Bonchev–Trinajstić information content (AvgIpc) is 3.06. The van der Waals surface area contributed by atoms with E-state index in [0.717, 1.165) is 16.8 Å².